The average molecular weight is 361 g/mol. The SMILES string of the molecule is O=C(COC(=O)/C=C/c1ccccc1)Nc1cc(Cl)ccc1[N+](=O)[O-]. The van der Waals surface area contributed by atoms with Gasteiger partial charge in [0.15, 0.2) is 6.61 Å². The van der Waals surface area contributed by atoms with Crippen molar-refractivity contribution in [1.82, 2.24) is 0 Å². The van der Waals surface area contributed by atoms with Gasteiger partial charge in [0.25, 0.3) is 11.6 Å². The Kier molecular flexibility index (Phi) is 6.25. The van der Waals surface area contributed by atoms with Crippen LogP contribution in [-0.4, -0.2) is 23.4 Å². The second-order valence-electron chi connectivity index (χ2n) is 4.82. The van der Waals surface area contributed by atoms with E-state index in [1.165, 1.54) is 24.3 Å². The van der Waals surface area contributed by atoms with E-state index in [9.17, 15) is 19.7 Å². The van der Waals surface area contributed by atoms with E-state index in [1.54, 1.807) is 18.2 Å². The van der Waals surface area contributed by atoms with Crippen LogP contribution in [0.4, 0.5) is 11.4 Å². The molecule has 2 aromatic rings. The first-order valence-electron chi connectivity index (χ1n) is 7.09. The third kappa shape index (κ3) is 5.74. The van der Waals surface area contributed by atoms with Crippen LogP contribution in [0.15, 0.2) is 54.6 Å². The molecule has 7 nitrogen and oxygen atoms in total. The minimum Gasteiger partial charge on any atom is -0.452 e. The summed E-state index contributed by atoms with van der Waals surface area (Å²) in [7, 11) is 0. The number of carbonyl (C=O) groups excluding carboxylic acids is 2. The zero-order valence-corrected chi connectivity index (χ0v) is 13.6. The lowest BCUT2D eigenvalue weighted by Crippen LogP contribution is -2.20. The summed E-state index contributed by atoms with van der Waals surface area (Å²) in [4.78, 5) is 33.6. The van der Waals surface area contributed by atoms with Crippen molar-refractivity contribution in [2.75, 3.05) is 11.9 Å². The Hall–Kier alpha value is -3.19. The third-order valence-electron chi connectivity index (χ3n) is 2.99. The number of carbonyl (C=O) groups is 2. The van der Waals surface area contributed by atoms with Crippen LogP contribution in [0.3, 0.4) is 0 Å². The van der Waals surface area contributed by atoms with Crippen molar-refractivity contribution in [2.45, 2.75) is 0 Å². The maximum Gasteiger partial charge on any atom is 0.331 e. The van der Waals surface area contributed by atoms with Crippen LogP contribution >= 0.6 is 11.6 Å². The highest BCUT2D eigenvalue weighted by Gasteiger charge is 2.16. The van der Waals surface area contributed by atoms with Crippen molar-refractivity contribution in [1.29, 1.82) is 0 Å². The van der Waals surface area contributed by atoms with Crippen molar-refractivity contribution in [2.24, 2.45) is 0 Å². The zero-order valence-electron chi connectivity index (χ0n) is 12.8. The monoisotopic (exact) mass is 360 g/mol. The Morgan fingerprint density at radius 3 is 2.60 bits per heavy atom. The number of hydrogen-bond donors (Lipinski definition) is 1. The average Bonchev–Trinajstić information content (AvgIpc) is 2.59. The van der Waals surface area contributed by atoms with E-state index in [0.29, 0.717) is 0 Å². The highest BCUT2D eigenvalue weighted by molar-refractivity contribution is 6.31. The molecule has 1 N–H and O–H groups in total. The van der Waals surface area contributed by atoms with Gasteiger partial charge in [-0.2, -0.15) is 0 Å². The fourth-order valence-electron chi connectivity index (χ4n) is 1.87. The van der Waals surface area contributed by atoms with Crippen molar-refractivity contribution in [3.05, 3.63) is 75.3 Å². The van der Waals surface area contributed by atoms with E-state index in [-0.39, 0.29) is 16.4 Å². The number of anilines is 1. The number of nitrogens with zero attached hydrogens (tertiary/aromatic N) is 1. The normalized spacial score (nSPS) is 10.4. The zero-order chi connectivity index (χ0) is 18.2. The maximum atomic E-state index is 11.8. The maximum absolute atomic E-state index is 11.8. The Balaban J connectivity index is 1.91. The van der Waals surface area contributed by atoms with E-state index >= 15 is 0 Å². The number of amides is 1. The van der Waals surface area contributed by atoms with Crippen molar-refractivity contribution in [3.8, 4) is 0 Å². The number of ether oxygens (including phenoxy) is 1. The van der Waals surface area contributed by atoms with Gasteiger partial charge in [-0.1, -0.05) is 41.9 Å². The van der Waals surface area contributed by atoms with E-state index in [2.05, 4.69) is 5.32 Å². The smallest absolute Gasteiger partial charge is 0.331 e. The van der Waals surface area contributed by atoms with Gasteiger partial charge in [-0.05, 0) is 23.8 Å². The number of nitrogens with one attached hydrogen (secondary N) is 1. The van der Waals surface area contributed by atoms with Crippen LogP contribution in [0.1, 0.15) is 5.56 Å². The van der Waals surface area contributed by atoms with E-state index < -0.39 is 23.4 Å². The molecule has 128 valence electrons. The summed E-state index contributed by atoms with van der Waals surface area (Å²) in [6.07, 6.45) is 2.73. The molecule has 0 heterocycles. The summed E-state index contributed by atoms with van der Waals surface area (Å²) < 4.78 is 4.79. The van der Waals surface area contributed by atoms with Crippen LogP contribution < -0.4 is 5.32 Å². The summed E-state index contributed by atoms with van der Waals surface area (Å²) in [5.74, 6) is -1.42. The second kappa shape index (κ2) is 8.60. The number of nitro benzene ring substituents is 1. The van der Waals surface area contributed by atoms with Crippen LogP contribution in [0.25, 0.3) is 6.08 Å². The third-order valence-corrected chi connectivity index (χ3v) is 3.22. The molecular weight excluding hydrogens is 348 g/mol. The molecule has 0 bridgehead atoms. The molecule has 0 spiro atoms. The fraction of sp³-hybridized carbons (Fsp3) is 0.0588. The molecule has 2 aromatic carbocycles. The van der Waals surface area contributed by atoms with Crippen LogP contribution in [0.5, 0.6) is 0 Å². The number of nitro groups is 1. The van der Waals surface area contributed by atoms with Gasteiger partial charge < -0.3 is 10.1 Å². The quantitative estimate of drug-likeness (QED) is 0.368. The number of halogens is 1. The Labute approximate surface area is 148 Å². The van der Waals surface area contributed by atoms with Crippen molar-refractivity contribution in [3.63, 3.8) is 0 Å². The standard InChI is InChI=1S/C17H13ClN2O5/c18-13-7-8-15(20(23)24)14(10-13)19-16(21)11-25-17(22)9-6-12-4-2-1-3-5-12/h1-10H,11H2,(H,19,21)/b9-6+. The Morgan fingerprint density at radius 2 is 1.92 bits per heavy atom. The molecule has 0 atom stereocenters. The molecule has 0 aliphatic heterocycles. The van der Waals surface area contributed by atoms with Gasteiger partial charge in [-0.15, -0.1) is 0 Å². The molecule has 25 heavy (non-hydrogen) atoms. The van der Waals surface area contributed by atoms with E-state index in [0.717, 1.165) is 5.56 Å². The van der Waals surface area contributed by atoms with Gasteiger partial charge in [-0.25, -0.2) is 4.79 Å². The van der Waals surface area contributed by atoms with Gasteiger partial charge in [0.1, 0.15) is 5.69 Å². The van der Waals surface area contributed by atoms with Gasteiger partial charge in [0.05, 0.1) is 4.92 Å². The van der Waals surface area contributed by atoms with Crippen molar-refractivity contribution < 1.29 is 19.2 Å². The summed E-state index contributed by atoms with van der Waals surface area (Å²) in [5.41, 5.74) is 0.421. The Morgan fingerprint density at radius 1 is 1.20 bits per heavy atom. The highest BCUT2D eigenvalue weighted by atomic mass is 35.5. The lowest BCUT2D eigenvalue weighted by atomic mass is 10.2. The van der Waals surface area contributed by atoms with Crippen LogP contribution in [0.2, 0.25) is 5.02 Å². The van der Waals surface area contributed by atoms with Gasteiger partial charge >= 0.3 is 5.97 Å². The van der Waals surface area contributed by atoms with E-state index in [4.69, 9.17) is 16.3 Å². The molecule has 1 amide bonds. The minimum absolute atomic E-state index is 0.0709. The van der Waals surface area contributed by atoms with Gasteiger partial charge in [0, 0.05) is 17.2 Å². The first-order valence-corrected chi connectivity index (χ1v) is 7.47. The second-order valence-corrected chi connectivity index (χ2v) is 5.25. The van der Waals surface area contributed by atoms with Crippen LogP contribution in [0, 0.1) is 10.1 Å². The summed E-state index contributed by atoms with van der Waals surface area (Å²) in [5, 5.41) is 13.4. The number of hydrogen-bond acceptors (Lipinski definition) is 5. The van der Waals surface area contributed by atoms with Crippen molar-refractivity contribution >= 4 is 40.9 Å². The summed E-state index contributed by atoms with van der Waals surface area (Å²) in [6.45, 7) is -0.582. The lowest BCUT2D eigenvalue weighted by Gasteiger charge is -2.06. The number of benzene rings is 2. The largest absolute Gasteiger partial charge is 0.452 e. The minimum atomic E-state index is -0.716. The predicted octanol–water partition coefficient (Wildman–Crippen LogP) is 3.44. The molecule has 0 radical (unpaired) electrons. The predicted molar refractivity (Wildman–Crippen MR) is 93.2 cm³/mol. The number of rotatable bonds is 6. The molecule has 2 rings (SSSR count). The van der Waals surface area contributed by atoms with Gasteiger partial charge in [-0.3, -0.25) is 14.9 Å². The molecule has 0 unspecified atom stereocenters. The summed E-state index contributed by atoms with van der Waals surface area (Å²) >= 11 is 5.76. The molecule has 0 saturated carbocycles. The summed E-state index contributed by atoms with van der Waals surface area (Å²) in [6, 6.07) is 12.8. The molecule has 0 aliphatic carbocycles. The molecular formula is C17H13ClN2O5. The van der Waals surface area contributed by atoms with Crippen LogP contribution in [-0.2, 0) is 14.3 Å². The molecule has 8 heteroatoms. The molecule has 0 aromatic heterocycles. The molecule has 0 saturated heterocycles. The van der Waals surface area contributed by atoms with Gasteiger partial charge in [0.2, 0.25) is 0 Å². The fourth-order valence-corrected chi connectivity index (χ4v) is 2.04. The first kappa shape index (κ1) is 18.2. The lowest BCUT2D eigenvalue weighted by molar-refractivity contribution is -0.383. The topological polar surface area (TPSA) is 98.5 Å². The van der Waals surface area contributed by atoms with E-state index in [1.807, 2.05) is 18.2 Å². The molecule has 0 aliphatic rings. The Bertz CT molecular complexity index is 821. The number of esters is 1. The first-order chi connectivity index (χ1) is 12.0. The molecule has 0 fully saturated rings. The highest BCUT2D eigenvalue weighted by Crippen LogP contribution is 2.27.